The Bertz CT molecular complexity index is 1070. The normalized spacial score (nSPS) is 20.3. The van der Waals surface area contributed by atoms with E-state index in [-0.39, 0.29) is 5.91 Å². The summed E-state index contributed by atoms with van der Waals surface area (Å²) in [4.78, 5) is 27.8. The minimum atomic E-state index is -0.809. The first-order chi connectivity index (χ1) is 16.8. The van der Waals surface area contributed by atoms with Crippen molar-refractivity contribution < 1.29 is 23.1 Å². The van der Waals surface area contributed by atoms with E-state index < -0.39 is 23.1 Å². The fraction of sp³-hybridized carbons (Fsp3) is 0.481. The standard InChI is InChI=1S/C27H31ClF2N2O3/c1-31(2)26(33)21-9-7-19(16-22(21)28)35-15-12-17-6-8-20(17)18-10-13-32(14-11-18)27(34)25-23(29)4-3-5-24(25)30/h3-5,7,9,16-18,20H,6,8,10-15H2,1-2H3/t17-,20-/m0/s1. The molecule has 2 aliphatic rings. The minimum absolute atomic E-state index is 0.148. The average molecular weight is 505 g/mol. The molecule has 188 valence electrons. The number of hydrogen-bond donors (Lipinski definition) is 0. The summed E-state index contributed by atoms with van der Waals surface area (Å²) < 4.78 is 33.9. The summed E-state index contributed by atoms with van der Waals surface area (Å²) in [5, 5.41) is 0.374. The SMILES string of the molecule is CN(C)C(=O)c1ccc(OCC[C@@H]2CC[C@@H]2C2CCN(C(=O)c3c(F)cccc3F)CC2)cc1Cl. The van der Waals surface area contributed by atoms with Gasteiger partial charge in [0.2, 0.25) is 0 Å². The highest BCUT2D eigenvalue weighted by Gasteiger charge is 2.39. The first-order valence-electron chi connectivity index (χ1n) is 12.1. The van der Waals surface area contributed by atoms with Crippen molar-refractivity contribution in [3.8, 4) is 5.75 Å². The fourth-order valence-corrected chi connectivity index (χ4v) is 5.54. The highest BCUT2D eigenvalue weighted by atomic mass is 35.5. The molecule has 35 heavy (non-hydrogen) atoms. The van der Waals surface area contributed by atoms with E-state index in [1.54, 1.807) is 37.2 Å². The van der Waals surface area contributed by atoms with E-state index >= 15 is 0 Å². The monoisotopic (exact) mass is 504 g/mol. The first kappa shape index (κ1) is 25.4. The van der Waals surface area contributed by atoms with Gasteiger partial charge in [-0.1, -0.05) is 17.7 Å². The van der Waals surface area contributed by atoms with Crippen LogP contribution in [0.1, 0.15) is 52.8 Å². The maximum atomic E-state index is 14.0. The van der Waals surface area contributed by atoms with Crippen molar-refractivity contribution in [2.45, 2.75) is 32.1 Å². The molecular formula is C27H31ClF2N2O3. The molecular weight excluding hydrogens is 474 g/mol. The maximum Gasteiger partial charge on any atom is 0.259 e. The van der Waals surface area contributed by atoms with Gasteiger partial charge in [0.1, 0.15) is 22.9 Å². The first-order valence-corrected chi connectivity index (χ1v) is 12.5. The van der Waals surface area contributed by atoms with Crippen molar-refractivity contribution in [1.82, 2.24) is 9.80 Å². The Kier molecular flexibility index (Phi) is 7.95. The van der Waals surface area contributed by atoms with Gasteiger partial charge in [-0.25, -0.2) is 8.78 Å². The van der Waals surface area contributed by atoms with E-state index in [2.05, 4.69) is 0 Å². The summed E-state index contributed by atoms with van der Waals surface area (Å²) in [6.45, 7) is 1.61. The summed E-state index contributed by atoms with van der Waals surface area (Å²) in [7, 11) is 3.37. The van der Waals surface area contributed by atoms with E-state index in [0.29, 0.717) is 53.8 Å². The van der Waals surface area contributed by atoms with E-state index in [1.807, 2.05) is 0 Å². The Morgan fingerprint density at radius 1 is 1.06 bits per heavy atom. The molecule has 0 bridgehead atoms. The number of amides is 2. The van der Waals surface area contributed by atoms with Crippen LogP contribution in [0.3, 0.4) is 0 Å². The Balaban J connectivity index is 1.24. The van der Waals surface area contributed by atoms with Crippen LogP contribution in [0.2, 0.25) is 5.02 Å². The van der Waals surface area contributed by atoms with Gasteiger partial charge in [0.15, 0.2) is 0 Å². The van der Waals surface area contributed by atoms with Crippen LogP contribution in [0, 0.1) is 29.4 Å². The van der Waals surface area contributed by atoms with Crippen LogP contribution in [-0.4, -0.2) is 55.4 Å². The average Bonchev–Trinajstić information content (AvgIpc) is 2.81. The number of ether oxygens (including phenoxy) is 1. The summed E-state index contributed by atoms with van der Waals surface area (Å²) in [6, 6.07) is 8.65. The van der Waals surface area contributed by atoms with Crippen LogP contribution < -0.4 is 4.74 Å². The van der Waals surface area contributed by atoms with Crippen LogP contribution in [0.4, 0.5) is 8.78 Å². The zero-order valence-electron chi connectivity index (χ0n) is 20.1. The van der Waals surface area contributed by atoms with Crippen molar-refractivity contribution in [3.05, 3.63) is 64.2 Å². The van der Waals surface area contributed by atoms with Crippen molar-refractivity contribution >= 4 is 23.4 Å². The fourth-order valence-electron chi connectivity index (χ4n) is 5.29. The second kappa shape index (κ2) is 10.9. The Morgan fingerprint density at radius 3 is 2.31 bits per heavy atom. The number of carbonyl (C=O) groups is 2. The number of rotatable bonds is 7. The molecule has 1 aliphatic heterocycles. The molecule has 2 atom stereocenters. The van der Waals surface area contributed by atoms with Gasteiger partial charge in [-0.15, -0.1) is 0 Å². The molecule has 1 saturated carbocycles. The van der Waals surface area contributed by atoms with E-state index in [9.17, 15) is 18.4 Å². The molecule has 0 N–H and O–H groups in total. The van der Waals surface area contributed by atoms with Crippen molar-refractivity contribution in [2.24, 2.45) is 17.8 Å². The third-order valence-electron chi connectivity index (χ3n) is 7.42. The van der Waals surface area contributed by atoms with Crippen molar-refractivity contribution in [2.75, 3.05) is 33.8 Å². The van der Waals surface area contributed by atoms with Crippen LogP contribution in [-0.2, 0) is 0 Å². The number of likely N-dealkylation sites (tertiary alicyclic amines) is 1. The van der Waals surface area contributed by atoms with Gasteiger partial charge < -0.3 is 14.5 Å². The molecule has 0 radical (unpaired) electrons. The lowest BCUT2D eigenvalue weighted by Gasteiger charge is -2.45. The van der Waals surface area contributed by atoms with Gasteiger partial charge in [0.05, 0.1) is 17.2 Å². The third-order valence-corrected chi connectivity index (χ3v) is 7.73. The van der Waals surface area contributed by atoms with Gasteiger partial charge in [-0.2, -0.15) is 0 Å². The molecule has 2 aromatic carbocycles. The molecule has 0 spiro atoms. The molecule has 1 saturated heterocycles. The summed E-state index contributed by atoms with van der Waals surface area (Å²) >= 11 is 6.27. The summed E-state index contributed by atoms with van der Waals surface area (Å²) in [6.07, 6.45) is 4.95. The molecule has 2 aromatic rings. The second-order valence-electron chi connectivity index (χ2n) is 9.71. The zero-order valence-corrected chi connectivity index (χ0v) is 20.9. The number of halogens is 3. The third kappa shape index (κ3) is 5.61. The number of benzene rings is 2. The lowest BCUT2D eigenvalue weighted by atomic mass is 9.63. The van der Waals surface area contributed by atoms with Gasteiger partial charge in [0, 0.05) is 27.2 Å². The number of carbonyl (C=O) groups excluding carboxylic acids is 2. The minimum Gasteiger partial charge on any atom is -0.494 e. The van der Waals surface area contributed by atoms with Crippen LogP contribution in [0.5, 0.6) is 5.75 Å². The predicted molar refractivity (Wildman–Crippen MR) is 131 cm³/mol. The van der Waals surface area contributed by atoms with Gasteiger partial charge >= 0.3 is 0 Å². The second-order valence-corrected chi connectivity index (χ2v) is 10.1. The van der Waals surface area contributed by atoms with Gasteiger partial charge in [-0.05, 0) is 80.2 Å². The molecule has 2 fully saturated rings. The number of piperidine rings is 1. The Labute approximate surface area is 210 Å². The zero-order chi connectivity index (χ0) is 25.1. The topological polar surface area (TPSA) is 49.9 Å². The quantitative estimate of drug-likeness (QED) is 0.488. The van der Waals surface area contributed by atoms with Gasteiger partial charge in [0.25, 0.3) is 11.8 Å². The molecule has 4 rings (SSSR count). The maximum absolute atomic E-state index is 14.0. The highest BCUT2D eigenvalue weighted by Crippen LogP contribution is 2.45. The molecule has 5 nitrogen and oxygen atoms in total. The lowest BCUT2D eigenvalue weighted by molar-refractivity contribution is 0.0360. The van der Waals surface area contributed by atoms with Crippen molar-refractivity contribution in [1.29, 1.82) is 0 Å². The molecule has 1 heterocycles. The van der Waals surface area contributed by atoms with Crippen LogP contribution in [0.15, 0.2) is 36.4 Å². The number of hydrogen-bond acceptors (Lipinski definition) is 3. The van der Waals surface area contributed by atoms with E-state index in [1.165, 1.54) is 17.4 Å². The highest BCUT2D eigenvalue weighted by molar-refractivity contribution is 6.34. The summed E-state index contributed by atoms with van der Waals surface area (Å²) in [5.74, 6) is -0.0171. The summed E-state index contributed by atoms with van der Waals surface area (Å²) in [5.41, 5.74) is -0.00512. The van der Waals surface area contributed by atoms with Crippen LogP contribution in [0.25, 0.3) is 0 Å². The Morgan fingerprint density at radius 2 is 1.74 bits per heavy atom. The van der Waals surface area contributed by atoms with E-state index in [4.69, 9.17) is 16.3 Å². The molecule has 0 aromatic heterocycles. The van der Waals surface area contributed by atoms with Crippen molar-refractivity contribution in [3.63, 3.8) is 0 Å². The van der Waals surface area contributed by atoms with E-state index in [0.717, 1.165) is 37.8 Å². The lowest BCUT2D eigenvalue weighted by Crippen LogP contribution is -2.44. The predicted octanol–water partition coefficient (Wildman–Crippen LogP) is 5.67. The Hall–Kier alpha value is -2.67. The molecule has 1 aliphatic carbocycles. The molecule has 0 unspecified atom stereocenters. The largest absolute Gasteiger partial charge is 0.494 e. The van der Waals surface area contributed by atoms with Gasteiger partial charge in [-0.3, -0.25) is 9.59 Å². The smallest absolute Gasteiger partial charge is 0.259 e. The molecule has 8 heteroatoms. The van der Waals surface area contributed by atoms with Crippen LogP contribution >= 0.6 is 11.6 Å². The number of nitrogens with zero attached hydrogens (tertiary/aromatic N) is 2. The molecule has 2 amide bonds.